The summed E-state index contributed by atoms with van der Waals surface area (Å²) in [6.07, 6.45) is 3.05. The van der Waals surface area contributed by atoms with E-state index in [1.165, 1.54) is 22.4 Å². The van der Waals surface area contributed by atoms with Crippen molar-refractivity contribution < 1.29 is 51.4 Å². The Morgan fingerprint density at radius 3 is 1.00 bits per heavy atom. The molecule has 1 saturated heterocycles. The summed E-state index contributed by atoms with van der Waals surface area (Å²) >= 11 is 0. The van der Waals surface area contributed by atoms with Gasteiger partial charge in [0, 0.05) is 32.3 Å². The maximum Gasteiger partial charge on any atom is 1.00 e. The van der Waals surface area contributed by atoms with Gasteiger partial charge >= 0.3 is 51.4 Å². The first-order valence-electron chi connectivity index (χ1n) is 11.4. The summed E-state index contributed by atoms with van der Waals surface area (Å²) in [5, 5.41) is 7.32. The molecule has 0 saturated carbocycles. The molecule has 3 aliphatic rings. The molecule has 0 aliphatic carbocycles. The fourth-order valence-corrected chi connectivity index (χ4v) is 48.1. The molecular weight excluding hydrogens is 468 g/mol. The third-order valence-electron chi connectivity index (χ3n) is 10.1. The summed E-state index contributed by atoms with van der Waals surface area (Å²) in [4.78, 5) is 0. The Kier molecular flexibility index (Phi) is 5.74. The molecule has 0 unspecified atom stereocenters. The molecule has 3 aliphatic heterocycles. The van der Waals surface area contributed by atoms with Crippen molar-refractivity contribution in [1.29, 1.82) is 0 Å². The zero-order valence-corrected chi connectivity index (χ0v) is 28.7. The smallest absolute Gasteiger partial charge is 0.425 e. The van der Waals surface area contributed by atoms with E-state index in [0.717, 1.165) is 0 Å². The van der Waals surface area contributed by atoms with Crippen LogP contribution in [-0.2, 0) is 0 Å². The molecule has 0 aromatic heterocycles. The number of hydrogen-bond acceptors (Lipinski definition) is 0. The predicted molar refractivity (Wildman–Crippen MR) is 142 cm³/mol. The molecule has 0 amide bonds. The number of benzene rings is 2. The van der Waals surface area contributed by atoms with E-state index in [9.17, 15) is 0 Å². The second-order valence-corrected chi connectivity index (χ2v) is 35.6. The van der Waals surface area contributed by atoms with Crippen LogP contribution in [0.3, 0.4) is 0 Å². The molecule has 0 N–H and O–H groups in total. The van der Waals surface area contributed by atoms with Gasteiger partial charge in [0.05, 0.1) is 0 Å². The molecule has 2 aromatic carbocycles. The minimum Gasteiger partial charge on any atom is -0.425 e. The van der Waals surface area contributed by atoms with Gasteiger partial charge in [-0.25, -0.2) is 0 Å². The van der Waals surface area contributed by atoms with E-state index in [1.54, 1.807) is 0 Å². The Labute approximate surface area is 233 Å². The quantitative estimate of drug-likeness (QED) is 0.472. The topological polar surface area (TPSA) is 0 Å². The van der Waals surface area contributed by atoms with Crippen LogP contribution in [0, 0.1) is 0 Å². The largest absolute Gasteiger partial charge is 1.00 e. The Morgan fingerprint density at radius 1 is 0.533 bits per heavy atom. The Balaban J connectivity index is 0.00000218. The van der Waals surface area contributed by atoms with Crippen LogP contribution in [0.25, 0.3) is 0 Å². The van der Waals surface area contributed by atoms with Gasteiger partial charge in [-0.3, -0.25) is 0 Å². The molecule has 153 valence electrons. The van der Waals surface area contributed by atoms with E-state index in [0.29, 0.717) is 8.57 Å². The second-order valence-electron chi connectivity index (χ2n) is 12.0. The van der Waals surface area contributed by atoms with Gasteiger partial charge in [-0.15, -0.1) is 0 Å². The van der Waals surface area contributed by atoms with Gasteiger partial charge in [-0.2, -0.15) is 8.57 Å². The molecule has 1 fully saturated rings. The van der Waals surface area contributed by atoms with Gasteiger partial charge in [0.25, 0.3) is 0 Å². The van der Waals surface area contributed by atoms with Crippen molar-refractivity contribution in [3.63, 3.8) is 0 Å². The van der Waals surface area contributed by atoms with Crippen LogP contribution in [0.2, 0.25) is 60.9 Å². The SMILES string of the molecule is C[Si]1(C)c2ccccc2[Si](C)(C)C12CCC1([Si-]2)[Si](C)(C)c2ccccc2[Si]1(C)C.[K+]. The Hall–Kier alpha value is 1.16. The first-order valence-corrected chi connectivity index (χ1v) is 24.4. The summed E-state index contributed by atoms with van der Waals surface area (Å²) < 4.78 is 1.33. The molecule has 1 radical (unpaired) electrons. The van der Waals surface area contributed by atoms with E-state index < -0.39 is 32.3 Å². The van der Waals surface area contributed by atoms with E-state index >= 15 is 0 Å². The van der Waals surface area contributed by atoms with Gasteiger partial charge < -0.3 is 9.52 Å². The van der Waals surface area contributed by atoms with E-state index in [4.69, 9.17) is 0 Å². The maximum absolute atomic E-state index is 2.75. The van der Waals surface area contributed by atoms with Gasteiger partial charge in [-0.05, 0) is 0 Å². The van der Waals surface area contributed by atoms with Crippen LogP contribution < -0.4 is 72.1 Å². The minimum absolute atomic E-state index is 0. The van der Waals surface area contributed by atoms with Crippen molar-refractivity contribution in [2.45, 2.75) is 73.8 Å². The first-order chi connectivity index (χ1) is 13.4. The number of hydrogen-bond donors (Lipinski definition) is 0. The van der Waals surface area contributed by atoms with Crippen molar-refractivity contribution in [2.75, 3.05) is 0 Å². The molecule has 2 aromatic rings. The van der Waals surface area contributed by atoms with Crippen LogP contribution in [0.5, 0.6) is 0 Å². The molecule has 0 atom stereocenters. The summed E-state index contributed by atoms with van der Waals surface area (Å²) in [6.45, 7) is 22.0. The average molecular weight is 504 g/mol. The van der Waals surface area contributed by atoms with Crippen LogP contribution in [0.1, 0.15) is 12.8 Å². The fraction of sp³-hybridized carbons (Fsp3) is 0.500. The van der Waals surface area contributed by atoms with Crippen molar-refractivity contribution in [2.24, 2.45) is 0 Å². The van der Waals surface area contributed by atoms with E-state index in [1.807, 2.05) is 20.7 Å². The first kappa shape index (κ1) is 24.3. The van der Waals surface area contributed by atoms with Crippen molar-refractivity contribution >= 4 is 62.6 Å². The van der Waals surface area contributed by atoms with Crippen LogP contribution in [-0.4, -0.2) is 41.8 Å². The molecule has 0 nitrogen and oxygen atoms in total. The van der Waals surface area contributed by atoms with Crippen LogP contribution >= 0.6 is 0 Å². The minimum atomic E-state index is -1.52. The van der Waals surface area contributed by atoms with Crippen molar-refractivity contribution in [3.8, 4) is 0 Å². The molecule has 2 spiro atoms. The standard InChI is InChI=1S/C24H36Si5.K/c1-26(2)19-13-9-10-14-20(19)27(3,4)23(26)17-18-24(25-23)28(5,6)21-15-11-12-16-22(21)29(24,7)8;/h9-16H,17-18H2,1-8H3;/q-1;+1. The van der Waals surface area contributed by atoms with Gasteiger partial charge in [0.15, 0.2) is 0 Å². The number of fused-ring (bicyclic) bond motifs is 2. The molecule has 5 rings (SSSR count). The average Bonchev–Trinajstić information content (AvgIpc) is 3.21. The third kappa shape index (κ3) is 2.50. The van der Waals surface area contributed by atoms with Gasteiger partial charge in [0.1, 0.15) is 0 Å². The molecule has 3 heterocycles. The van der Waals surface area contributed by atoms with Gasteiger partial charge in [-0.1, -0.05) is 134 Å². The zero-order chi connectivity index (χ0) is 21.1. The summed E-state index contributed by atoms with van der Waals surface area (Å²) in [7, 11) is -4.87. The van der Waals surface area contributed by atoms with Crippen molar-refractivity contribution in [3.05, 3.63) is 48.5 Å². The molecule has 0 bridgehead atoms. The summed E-state index contributed by atoms with van der Waals surface area (Å²) in [5.41, 5.74) is 0. The molecule has 6 heteroatoms. The summed E-state index contributed by atoms with van der Waals surface area (Å²) in [5.74, 6) is 0. The Bertz CT molecular complexity index is 872. The zero-order valence-electron chi connectivity index (χ0n) is 20.5. The third-order valence-corrected chi connectivity index (χ3v) is 45.1. The number of rotatable bonds is 0. The van der Waals surface area contributed by atoms with E-state index in [-0.39, 0.29) is 51.4 Å². The fourth-order valence-electron chi connectivity index (χ4n) is 8.37. The molecular formula is C24H36KSi5. The maximum atomic E-state index is 2.75. The Morgan fingerprint density at radius 2 is 0.767 bits per heavy atom. The predicted octanol–water partition coefficient (Wildman–Crippen LogP) is 1.05. The monoisotopic (exact) mass is 503 g/mol. The van der Waals surface area contributed by atoms with Crippen LogP contribution in [0.15, 0.2) is 48.5 Å². The molecule has 30 heavy (non-hydrogen) atoms. The van der Waals surface area contributed by atoms with E-state index in [2.05, 4.69) is 101 Å². The normalized spacial score (nSPS) is 26.9. The van der Waals surface area contributed by atoms with Crippen molar-refractivity contribution in [1.82, 2.24) is 0 Å². The second kappa shape index (κ2) is 7.09. The van der Waals surface area contributed by atoms with Crippen LogP contribution in [0.4, 0.5) is 0 Å². The summed E-state index contributed by atoms with van der Waals surface area (Å²) in [6, 6.07) is 19.5. The van der Waals surface area contributed by atoms with Gasteiger partial charge in [0.2, 0.25) is 0 Å².